The minimum Gasteiger partial charge on any atom is -0.290 e. The Bertz CT molecular complexity index is 588. The zero-order valence-corrected chi connectivity index (χ0v) is 11.6. The summed E-state index contributed by atoms with van der Waals surface area (Å²) < 4.78 is 0. The van der Waals surface area contributed by atoms with Crippen molar-refractivity contribution in [1.29, 1.82) is 0 Å². The summed E-state index contributed by atoms with van der Waals surface area (Å²) in [4.78, 5) is 29.9. The summed E-state index contributed by atoms with van der Waals surface area (Å²) in [7, 11) is 0. The number of hydrogen-bond acceptors (Lipinski definition) is 3. The van der Waals surface area contributed by atoms with Crippen molar-refractivity contribution in [3.05, 3.63) is 34.9 Å². The van der Waals surface area contributed by atoms with Crippen molar-refractivity contribution in [2.24, 2.45) is 10.9 Å². The quantitative estimate of drug-likeness (QED) is 0.784. The lowest BCUT2D eigenvalue weighted by Gasteiger charge is -2.25. The van der Waals surface area contributed by atoms with Gasteiger partial charge in [-0.2, -0.15) is 4.99 Å². The summed E-state index contributed by atoms with van der Waals surface area (Å²) >= 11 is 7.53. The van der Waals surface area contributed by atoms with Crippen molar-refractivity contribution < 1.29 is 9.59 Å². The average Bonchev–Trinajstić information content (AvgIpc) is 2.84. The molecule has 0 bridgehead atoms. The number of amidine groups is 1. The predicted molar refractivity (Wildman–Crippen MR) is 75.3 cm³/mol. The second-order valence-corrected chi connectivity index (χ2v) is 5.89. The summed E-state index contributed by atoms with van der Waals surface area (Å²) in [6.07, 6.45) is 0.315. The van der Waals surface area contributed by atoms with Gasteiger partial charge in [0.1, 0.15) is 5.92 Å². The highest BCUT2D eigenvalue weighted by atomic mass is 35.5. The Kier molecular flexibility index (Phi) is 3.33. The Morgan fingerprint density at radius 1 is 1.37 bits per heavy atom. The summed E-state index contributed by atoms with van der Waals surface area (Å²) in [6.45, 7) is 0.634. The molecule has 1 atom stereocenters. The van der Waals surface area contributed by atoms with Crippen molar-refractivity contribution in [3.8, 4) is 0 Å². The largest absolute Gasteiger partial charge is 0.290 e. The molecule has 0 aromatic heterocycles. The molecule has 3 rings (SSSR count). The van der Waals surface area contributed by atoms with Gasteiger partial charge in [0.15, 0.2) is 5.17 Å². The number of hydrogen-bond donors (Lipinski definition) is 0. The molecule has 1 saturated heterocycles. The van der Waals surface area contributed by atoms with Crippen molar-refractivity contribution >= 4 is 40.3 Å². The molecule has 0 N–H and O–H groups in total. The Morgan fingerprint density at radius 3 is 2.95 bits per heavy atom. The molecule has 0 aliphatic carbocycles. The molecule has 2 heterocycles. The molecule has 2 aliphatic rings. The second-order valence-electron chi connectivity index (χ2n) is 4.42. The fourth-order valence-electron chi connectivity index (χ4n) is 2.22. The molecule has 1 aromatic carbocycles. The van der Waals surface area contributed by atoms with Gasteiger partial charge in [0.2, 0.25) is 5.91 Å². The van der Waals surface area contributed by atoms with Crippen molar-refractivity contribution in [2.45, 2.75) is 6.42 Å². The second kappa shape index (κ2) is 4.98. The average molecular weight is 295 g/mol. The van der Waals surface area contributed by atoms with Crippen LogP contribution in [0.1, 0.15) is 5.56 Å². The first-order valence-electron chi connectivity index (χ1n) is 5.97. The maximum atomic E-state index is 12.3. The number of nitrogens with zero attached hydrogens (tertiary/aromatic N) is 2. The number of aliphatic imine (C=N–C) groups is 1. The summed E-state index contributed by atoms with van der Waals surface area (Å²) in [5, 5.41) is 1.12. The summed E-state index contributed by atoms with van der Waals surface area (Å²) in [6, 6.07) is 7.26. The number of thioether (sulfide) groups is 1. The first-order valence-corrected chi connectivity index (χ1v) is 7.33. The number of halogens is 1. The highest BCUT2D eigenvalue weighted by Crippen LogP contribution is 2.28. The molecule has 0 saturated carbocycles. The zero-order valence-electron chi connectivity index (χ0n) is 10.0. The van der Waals surface area contributed by atoms with E-state index in [2.05, 4.69) is 4.99 Å². The van der Waals surface area contributed by atoms with Crippen LogP contribution >= 0.6 is 23.4 Å². The Labute approximate surface area is 119 Å². The van der Waals surface area contributed by atoms with Crippen LogP contribution in [0.4, 0.5) is 0 Å². The normalized spacial score (nSPS) is 22.5. The Balaban J connectivity index is 1.88. The predicted octanol–water partition coefficient (Wildman–Crippen LogP) is 1.97. The Morgan fingerprint density at radius 2 is 2.16 bits per heavy atom. The molecule has 1 fully saturated rings. The highest BCUT2D eigenvalue weighted by Gasteiger charge is 2.40. The lowest BCUT2D eigenvalue weighted by atomic mass is 9.96. The van der Waals surface area contributed by atoms with Gasteiger partial charge in [-0.05, 0) is 18.1 Å². The fraction of sp³-hybridized carbons (Fsp3) is 0.308. The van der Waals surface area contributed by atoms with Gasteiger partial charge in [-0.1, -0.05) is 41.6 Å². The molecule has 4 nitrogen and oxygen atoms in total. The maximum absolute atomic E-state index is 12.3. The molecule has 98 valence electrons. The van der Waals surface area contributed by atoms with Crippen LogP contribution in [0.3, 0.4) is 0 Å². The molecule has 2 amide bonds. The molecule has 1 aromatic rings. The van der Waals surface area contributed by atoms with Gasteiger partial charge in [0, 0.05) is 17.3 Å². The topological polar surface area (TPSA) is 49.7 Å². The standard InChI is InChI=1S/C13H11ClN2O2S/c14-10-4-2-1-3-8(10)7-9-11(17)15-13-16(12(9)18)5-6-19-13/h1-4,9H,5-7H2. The molecule has 0 radical (unpaired) electrons. The van der Waals surface area contributed by atoms with Gasteiger partial charge < -0.3 is 0 Å². The number of carbonyl (C=O) groups is 2. The van der Waals surface area contributed by atoms with Crippen LogP contribution in [0.25, 0.3) is 0 Å². The first-order chi connectivity index (χ1) is 9.16. The van der Waals surface area contributed by atoms with Gasteiger partial charge >= 0.3 is 0 Å². The van der Waals surface area contributed by atoms with Crippen molar-refractivity contribution in [1.82, 2.24) is 4.90 Å². The molecular formula is C13H11ClN2O2S. The molecule has 6 heteroatoms. The van der Waals surface area contributed by atoms with Gasteiger partial charge in [0.05, 0.1) is 0 Å². The van der Waals surface area contributed by atoms with Gasteiger partial charge in [-0.3, -0.25) is 14.5 Å². The van der Waals surface area contributed by atoms with E-state index in [9.17, 15) is 9.59 Å². The monoisotopic (exact) mass is 294 g/mol. The minimum atomic E-state index is -0.734. The highest BCUT2D eigenvalue weighted by molar-refractivity contribution is 8.14. The van der Waals surface area contributed by atoms with E-state index in [0.717, 1.165) is 11.3 Å². The molecule has 1 unspecified atom stereocenters. The number of rotatable bonds is 2. The third-order valence-corrected chi connectivity index (χ3v) is 4.55. The Hall–Kier alpha value is -1.33. The fourth-order valence-corrected chi connectivity index (χ4v) is 3.38. The van der Waals surface area contributed by atoms with Crippen LogP contribution in [0.15, 0.2) is 29.3 Å². The van der Waals surface area contributed by atoms with Gasteiger partial charge in [-0.25, -0.2) is 0 Å². The SMILES string of the molecule is O=C1N=C2SCCN2C(=O)C1Cc1ccccc1Cl. The lowest BCUT2D eigenvalue weighted by molar-refractivity contribution is -0.138. The van der Waals surface area contributed by atoms with Crippen LogP contribution in [-0.2, 0) is 16.0 Å². The van der Waals surface area contributed by atoms with Gasteiger partial charge in [-0.15, -0.1) is 0 Å². The van der Waals surface area contributed by atoms with Crippen LogP contribution in [0.2, 0.25) is 5.02 Å². The van der Waals surface area contributed by atoms with E-state index in [0.29, 0.717) is 23.2 Å². The molecule has 2 aliphatic heterocycles. The van der Waals surface area contributed by atoms with Crippen LogP contribution in [0, 0.1) is 5.92 Å². The van der Waals surface area contributed by atoms with E-state index in [4.69, 9.17) is 11.6 Å². The van der Waals surface area contributed by atoms with E-state index in [-0.39, 0.29) is 11.8 Å². The number of fused-ring (bicyclic) bond motifs is 1. The number of carbonyl (C=O) groups excluding carboxylic acids is 2. The van der Waals surface area contributed by atoms with E-state index in [1.54, 1.807) is 11.0 Å². The number of amides is 2. The third kappa shape index (κ3) is 2.28. The summed E-state index contributed by atoms with van der Waals surface area (Å²) in [5.41, 5.74) is 0.807. The van der Waals surface area contributed by atoms with Crippen LogP contribution < -0.4 is 0 Å². The maximum Gasteiger partial charge on any atom is 0.261 e. The molecular weight excluding hydrogens is 284 g/mol. The van der Waals surface area contributed by atoms with Crippen molar-refractivity contribution in [2.75, 3.05) is 12.3 Å². The van der Waals surface area contributed by atoms with E-state index in [1.165, 1.54) is 11.8 Å². The molecule has 19 heavy (non-hydrogen) atoms. The van der Waals surface area contributed by atoms with Gasteiger partial charge in [0.25, 0.3) is 5.91 Å². The van der Waals surface area contributed by atoms with E-state index in [1.807, 2.05) is 18.2 Å². The summed E-state index contributed by atoms with van der Waals surface area (Å²) in [5.74, 6) is -0.440. The van der Waals surface area contributed by atoms with E-state index >= 15 is 0 Å². The zero-order chi connectivity index (χ0) is 13.4. The minimum absolute atomic E-state index is 0.153. The number of benzene rings is 1. The lowest BCUT2D eigenvalue weighted by Crippen LogP contribution is -2.44. The smallest absolute Gasteiger partial charge is 0.261 e. The van der Waals surface area contributed by atoms with E-state index < -0.39 is 5.92 Å². The van der Waals surface area contributed by atoms with Crippen molar-refractivity contribution in [3.63, 3.8) is 0 Å². The third-order valence-electron chi connectivity index (χ3n) is 3.23. The van der Waals surface area contributed by atoms with Crippen LogP contribution in [0.5, 0.6) is 0 Å². The first kappa shape index (κ1) is 12.7. The van der Waals surface area contributed by atoms with Crippen LogP contribution in [-0.4, -0.2) is 34.2 Å². The molecule has 0 spiro atoms.